The van der Waals surface area contributed by atoms with Crippen molar-refractivity contribution >= 4 is 15.9 Å². The second-order valence-electron chi connectivity index (χ2n) is 5.81. The number of ether oxygens (including phenoxy) is 1. The molecule has 2 N–H and O–H groups in total. The van der Waals surface area contributed by atoms with Gasteiger partial charge in [0.2, 0.25) is 0 Å². The van der Waals surface area contributed by atoms with Gasteiger partial charge in [-0.15, -0.1) is 0 Å². The predicted molar refractivity (Wildman–Crippen MR) is 78.4 cm³/mol. The topological polar surface area (TPSA) is 92.7 Å². The van der Waals surface area contributed by atoms with Crippen molar-refractivity contribution in [3.63, 3.8) is 0 Å². The van der Waals surface area contributed by atoms with Gasteiger partial charge in [0.25, 0.3) is 0 Å². The molecule has 0 aliphatic heterocycles. The molecule has 0 saturated carbocycles. The van der Waals surface area contributed by atoms with Crippen molar-refractivity contribution in [3.8, 4) is 0 Å². The summed E-state index contributed by atoms with van der Waals surface area (Å²) in [6, 6.07) is 0. The van der Waals surface area contributed by atoms with Crippen molar-refractivity contribution in [3.05, 3.63) is 0 Å². The summed E-state index contributed by atoms with van der Waals surface area (Å²) in [5.41, 5.74) is -0.562. The minimum Gasteiger partial charge on any atom is -0.444 e. The quantitative estimate of drug-likeness (QED) is 0.705. The Balaban J connectivity index is 4.02. The highest BCUT2D eigenvalue weighted by Crippen LogP contribution is 2.09. The summed E-state index contributed by atoms with van der Waals surface area (Å²) in [6.07, 6.45) is 0.500. The molecular weight excluding hydrogens is 282 g/mol. The van der Waals surface area contributed by atoms with Crippen molar-refractivity contribution in [2.24, 2.45) is 5.92 Å². The number of carbonyl (C=O) groups is 1. The van der Waals surface area contributed by atoms with E-state index < -0.39 is 21.5 Å². The SMILES string of the molecule is CCS(=O)(=O)CCCC(CO)CNC(=O)OC(C)(C)C. The second-order valence-corrected chi connectivity index (χ2v) is 8.28. The maximum Gasteiger partial charge on any atom is 0.407 e. The molecule has 1 amide bonds. The summed E-state index contributed by atoms with van der Waals surface area (Å²) in [6.45, 7) is 7.10. The van der Waals surface area contributed by atoms with Crippen LogP contribution in [0.25, 0.3) is 0 Å². The Bertz CT molecular complexity index is 386. The largest absolute Gasteiger partial charge is 0.444 e. The molecule has 6 nitrogen and oxygen atoms in total. The molecule has 20 heavy (non-hydrogen) atoms. The predicted octanol–water partition coefficient (Wildman–Crippen LogP) is 1.33. The van der Waals surface area contributed by atoms with E-state index in [0.29, 0.717) is 12.8 Å². The maximum absolute atomic E-state index is 11.4. The van der Waals surface area contributed by atoms with Gasteiger partial charge < -0.3 is 15.2 Å². The van der Waals surface area contributed by atoms with Gasteiger partial charge in [-0.05, 0) is 39.5 Å². The minimum atomic E-state index is -2.97. The summed E-state index contributed by atoms with van der Waals surface area (Å²) in [4.78, 5) is 11.4. The van der Waals surface area contributed by atoms with E-state index in [0.717, 1.165) is 0 Å². The van der Waals surface area contributed by atoms with E-state index in [1.807, 2.05) is 0 Å². The van der Waals surface area contributed by atoms with Crippen LogP contribution in [0.1, 0.15) is 40.5 Å². The average Bonchev–Trinajstić information content (AvgIpc) is 2.31. The average molecular weight is 309 g/mol. The maximum atomic E-state index is 11.4. The Morgan fingerprint density at radius 2 is 1.95 bits per heavy atom. The van der Waals surface area contributed by atoms with Gasteiger partial charge in [0.15, 0.2) is 0 Å². The second kappa shape index (κ2) is 8.46. The number of alkyl carbamates (subject to hydrolysis) is 1. The molecule has 0 aliphatic carbocycles. The molecule has 0 aromatic heterocycles. The van der Waals surface area contributed by atoms with Crippen LogP contribution in [0.4, 0.5) is 4.79 Å². The molecule has 0 aromatic rings. The first kappa shape index (κ1) is 19.2. The van der Waals surface area contributed by atoms with Crippen LogP contribution in [0.5, 0.6) is 0 Å². The summed E-state index contributed by atoms with van der Waals surface area (Å²) in [5.74, 6) is 0.0916. The third kappa shape index (κ3) is 10.0. The van der Waals surface area contributed by atoms with Crippen LogP contribution in [-0.4, -0.2) is 49.9 Å². The molecule has 0 aliphatic rings. The zero-order valence-electron chi connectivity index (χ0n) is 12.8. The number of amides is 1. The molecule has 0 bridgehead atoms. The van der Waals surface area contributed by atoms with Crippen molar-refractivity contribution < 1.29 is 23.1 Å². The molecule has 1 unspecified atom stereocenters. The molecule has 0 saturated heterocycles. The number of hydrogen-bond acceptors (Lipinski definition) is 5. The van der Waals surface area contributed by atoms with Crippen LogP contribution in [0.15, 0.2) is 0 Å². The number of nitrogens with one attached hydrogen (secondary N) is 1. The number of carbonyl (C=O) groups excluding carboxylic acids is 1. The van der Waals surface area contributed by atoms with Crippen molar-refractivity contribution in [2.75, 3.05) is 24.7 Å². The van der Waals surface area contributed by atoms with Crippen LogP contribution < -0.4 is 5.32 Å². The van der Waals surface area contributed by atoms with Gasteiger partial charge in [-0.25, -0.2) is 13.2 Å². The number of hydrogen-bond donors (Lipinski definition) is 2. The molecule has 7 heteroatoms. The zero-order chi connectivity index (χ0) is 15.8. The number of rotatable bonds is 8. The Morgan fingerprint density at radius 1 is 1.35 bits per heavy atom. The fourth-order valence-corrected chi connectivity index (χ4v) is 2.43. The van der Waals surface area contributed by atoms with Crippen molar-refractivity contribution in [1.29, 1.82) is 0 Å². The lowest BCUT2D eigenvalue weighted by atomic mass is 10.1. The molecule has 0 fully saturated rings. The lowest BCUT2D eigenvalue weighted by molar-refractivity contribution is 0.0511. The van der Waals surface area contributed by atoms with Crippen LogP contribution in [0, 0.1) is 5.92 Å². The smallest absolute Gasteiger partial charge is 0.407 e. The minimum absolute atomic E-state index is 0.0953. The normalized spacial score (nSPS) is 13.8. The first-order valence-corrected chi connectivity index (χ1v) is 8.70. The monoisotopic (exact) mass is 309 g/mol. The molecule has 0 spiro atoms. The van der Waals surface area contributed by atoms with Gasteiger partial charge in [-0.2, -0.15) is 0 Å². The molecule has 0 heterocycles. The first-order chi connectivity index (χ1) is 9.09. The van der Waals surface area contributed by atoms with Gasteiger partial charge in [-0.3, -0.25) is 0 Å². The Kier molecular flexibility index (Phi) is 8.12. The van der Waals surface area contributed by atoms with E-state index in [1.165, 1.54) is 0 Å². The van der Waals surface area contributed by atoms with Crippen molar-refractivity contribution in [1.82, 2.24) is 5.32 Å². The molecular formula is C13H27NO5S. The molecule has 0 aromatic carbocycles. The van der Waals surface area contributed by atoms with Gasteiger partial charge in [0, 0.05) is 18.9 Å². The van der Waals surface area contributed by atoms with E-state index in [1.54, 1.807) is 27.7 Å². The Labute approximate surface area is 121 Å². The van der Waals surface area contributed by atoms with Crippen LogP contribution in [0.3, 0.4) is 0 Å². The lowest BCUT2D eigenvalue weighted by Crippen LogP contribution is -2.36. The van der Waals surface area contributed by atoms with Gasteiger partial charge in [-0.1, -0.05) is 6.92 Å². The molecule has 1 atom stereocenters. The van der Waals surface area contributed by atoms with E-state index in [9.17, 15) is 18.3 Å². The Hall–Kier alpha value is -0.820. The van der Waals surface area contributed by atoms with Gasteiger partial charge >= 0.3 is 6.09 Å². The summed E-state index contributed by atoms with van der Waals surface area (Å²) in [7, 11) is -2.97. The van der Waals surface area contributed by atoms with E-state index in [2.05, 4.69) is 5.32 Å². The highest BCUT2D eigenvalue weighted by molar-refractivity contribution is 7.91. The van der Waals surface area contributed by atoms with Gasteiger partial charge in [0.1, 0.15) is 15.4 Å². The summed E-state index contributed by atoms with van der Waals surface area (Å²) < 4.78 is 27.8. The molecule has 0 radical (unpaired) electrons. The number of aliphatic hydroxyl groups excluding tert-OH is 1. The van der Waals surface area contributed by atoms with Crippen LogP contribution in [0.2, 0.25) is 0 Å². The first-order valence-electron chi connectivity index (χ1n) is 6.87. The molecule has 0 rings (SSSR count). The summed E-state index contributed by atoms with van der Waals surface area (Å²) >= 11 is 0. The van der Waals surface area contributed by atoms with Crippen LogP contribution >= 0.6 is 0 Å². The van der Waals surface area contributed by atoms with E-state index in [-0.39, 0.29) is 30.6 Å². The lowest BCUT2D eigenvalue weighted by Gasteiger charge is -2.21. The van der Waals surface area contributed by atoms with Crippen molar-refractivity contribution in [2.45, 2.75) is 46.1 Å². The molecule has 120 valence electrons. The van der Waals surface area contributed by atoms with E-state index >= 15 is 0 Å². The van der Waals surface area contributed by atoms with Crippen LogP contribution in [-0.2, 0) is 14.6 Å². The zero-order valence-corrected chi connectivity index (χ0v) is 13.6. The highest BCUT2D eigenvalue weighted by atomic mass is 32.2. The highest BCUT2D eigenvalue weighted by Gasteiger charge is 2.17. The fraction of sp³-hybridized carbons (Fsp3) is 0.923. The van der Waals surface area contributed by atoms with Gasteiger partial charge in [0.05, 0.1) is 5.75 Å². The third-order valence-electron chi connectivity index (χ3n) is 2.70. The standard InChI is InChI=1S/C13H27NO5S/c1-5-20(17,18)8-6-7-11(10-15)9-14-12(16)19-13(2,3)4/h11,15H,5-10H2,1-4H3,(H,14,16). The number of aliphatic hydroxyl groups is 1. The Morgan fingerprint density at radius 3 is 2.40 bits per heavy atom. The van der Waals surface area contributed by atoms with E-state index in [4.69, 9.17) is 4.74 Å². The summed E-state index contributed by atoms with van der Waals surface area (Å²) in [5, 5.41) is 11.8. The number of sulfone groups is 1. The third-order valence-corrected chi connectivity index (χ3v) is 4.49. The fourth-order valence-electron chi connectivity index (χ4n) is 1.54.